The lowest BCUT2D eigenvalue weighted by molar-refractivity contribution is -0.115. The third-order valence-corrected chi connectivity index (χ3v) is 2.13. The fourth-order valence-electron chi connectivity index (χ4n) is 1.31. The van der Waals surface area contributed by atoms with Gasteiger partial charge in [-0.25, -0.2) is 0 Å². The lowest BCUT2D eigenvalue weighted by atomic mass is 10.1. The predicted octanol–water partition coefficient (Wildman–Crippen LogP) is 1.89. The molecular formula is C11H22N2O. The normalized spacial score (nSPS) is 11.5. The molecule has 0 fully saturated rings. The Hall–Kier alpha value is -0.990. The van der Waals surface area contributed by atoms with Crippen molar-refractivity contribution in [3.63, 3.8) is 0 Å². The van der Waals surface area contributed by atoms with Crippen LogP contribution in [0.5, 0.6) is 0 Å². The van der Waals surface area contributed by atoms with E-state index in [0.717, 1.165) is 12.8 Å². The molecule has 0 aliphatic rings. The average molecular weight is 198 g/mol. The Labute approximate surface area is 87.0 Å². The molecule has 0 aliphatic heterocycles. The summed E-state index contributed by atoms with van der Waals surface area (Å²) in [5.41, 5.74) is 5.84. The Morgan fingerprint density at radius 3 is 2.36 bits per heavy atom. The number of rotatable bonds is 7. The van der Waals surface area contributed by atoms with Crippen molar-refractivity contribution >= 4 is 5.91 Å². The standard InChI is InChI=1S/C11H22N2O/c1-4-5-6-7-8-9-10(11(12)14)13(2)3/h9H,4-8H2,1-3H3,(H2,12,14)/b10-9+. The Morgan fingerprint density at radius 1 is 1.29 bits per heavy atom. The molecule has 14 heavy (non-hydrogen) atoms. The molecule has 0 rings (SSSR count). The minimum atomic E-state index is -0.342. The van der Waals surface area contributed by atoms with E-state index in [4.69, 9.17) is 5.73 Å². The van der Waals surface area contributed by atoms with E-state index in [1.54, 1.807) is 4.90 Å². The topological polar surface area (TPSA) is 46.3 Å². The minimum absolute atomic E-state index is 0.342. The van der Waals surface area contributed by atoms with E-state index < -0.39 is 0 Å². The van der Waals surface area contributed by atoms with Gasteiger partial charge in [0, 0.05) is 14.1 Å². The van der Waals surface area contributed by atoms with Crippen LogP contribution in [0, 0.1) is 0 Å². The van der Waals surface area contributed by atoms with Crippen LogP contribution < -0.4 is 5.73 Å². The molecule has 82 valence electrons. The van der Waals surface area contributed by atoms with Crippen molar-refractivity contribution in [1.82, 2.24) is 4.90 Å². The molecule has 0 aromatic carbocycles. The average Bonchev–Trinajstić information content (AvgIpc) is 2.09. The summed E-state index contributed by atoms with van der Waals surface area (Å²) < 4.78 is 0. The van der Waals surface area contributed by atoms with Gasteiger partial charge in [0.05, 0.1) is 5.70 Å². The highest BCUT2D eigenvalue weighted by atomic mass is 16.1. The Kier molecular flexibility index (Phi) is 6.89. The van der Waals surface area contributed by atoms with Crippen molar-refractivity contribution in [2.24, 2.45) is 5.73 Å². The minimum Gasteiger partial charge on any atom is -0.373 e. The van der Waals surface area contributed by atoms with Crippen molar-refractivity contribution in [3.05, 3.63) is 11.8 Å². The number of hydrogen-bond donors (Lipinski definition) is 1. The number of carbonyl (C=O) groups is 1. The van der Waals surface area contributed by atoms with Crippen LogP contribution >= 0.6 is 0 Å². The summed E-state index contributed by atoms with van der Waals surface area (Å²) in [4.78, 5) is 12.7. The largest absolute Gasteiger partial charge is 0.373 e. The number of amides is 1. The van der Waals surface area contributed by atoms with Gasteiger partial charge >= 0.3 is 0 Å². The van der Waals surface area contributed by atoms with E-state index >= 15 is 0 Å². The molecule has 0 saturated carbocycles. The molecule has 3 nitrogen and oxygen atoms in total. The van der Waals surface area contributed by atoms with Gasteiger partial charge in [0.1, 0.15) is 0 Å². The first-order valence-corrected chi connectivity index (χ1v) is 5.26. The molecule has 0 unspecified atom stereocenters. The van der Waals surface area contributed by atoms with E-state index in [-0.39, 0.29) is 5.91 Å². The third-order valence-electron chi connectivity index (χ3n) is 2.13. The van der Waals surface area contributed by atoms with Gasteiger partial charge in [-0.3, -0.25) is 4.79 Å². The van der Waals surface area contributed by atoms with Gasteiger partial charge in [0.25, 0.3) is 5.91 Å². The van der Waals surface area contributed by atoms with Crippen molar-refractivity contribution in [2.45, 2.75) is 39.0 Å². The highest BCUT2D eigenvalue weighted by Crippen LogP contribution is 2.06. The molecule has 1 amide bonds. The number of allylic oxidation sites excluding steroid dienone is 1. The van der Waals surface area contributed by atoms with Crippen LogP contribution in [0.3, 0.4) is 0 Å². The predicted molar refractivity (Wildman–Crippen MR) is 59.7 cm³/mol. The summed E-state index contributed by atoms with van der Waals surface area (Å²) in [5.74, 6) is -0.342. The second-order valence-electron chi connectivity index (χ2n) is 3.70. The van der Waals surface area contributed by atoms with Gasteiger partial charge in [0.15, 0.2) is 0 Å². The Bertz CT molecular complexity index is 197. The molecule has 0 bridgehead atoms. The number of carbonyl (C=O) groups excluding carboxylic acids is 1. The number of hydrogen-bond acceptors (Lipinski definition) is 2. The number of unbranched alkanes of at least 4 members (excludes halogenated alkanes) is 4. The zero-order valence-corrected chi connectivity index (χ0v) is 9.55. The zero-order chi connectivity index (χ0) is 11.0. The highest BCUT2D eigenvalue weighted by molar-refractivity contribution is 5.91. The maximum absolute atomic E-state index is 11.0. The van der Waals surface area contributed by atoms with Gasteiger partial charge < -0.3 is 10.6 Å². The van der Waals surface area contributed by atoms with E-state index in [1.165, 1.54) is 19.3 Å². The van der Waals surface area contributed by atoms with Crippen LogP contribution in [0.4, 0.5) is 0 Å². The van der Waals surface area contributed by atoms with Crippen LogP contribution in [-0.4, -0.2) is 24.9 Å². The molecule has 0 atom stereocenters. The molecule has 0 spiro atoms. The lowest BCUT2D eigenvalue weighted by Gasteiger charge is -2.13. The summed E-state index contributed by atoms with van der Waals surface area (Å²) in [6, 6.07) is 0. The fraction of sp³-hybridized carbons (Fsp3) is 0.727. The first-order valence-electron chi connectivity index (χ1n) is 5.26. The number of nitrogens with zero attached hydrogens (tertiary/aromatic N) is 1. The number of nitrogens with two attached hydrogens (primary N) is 1. The molecule has 2 N–H and O–H groups in total. The quantitative estimate of drug-likeness (QED) is 0.501. The maximum Gasteiger partial charge on any atom is 0.264 e. The summed E-state index contributed by atoms with van der Waals surface area (Å²) >= 11 is 0. The maximum atomic E-state index is 11.0. The Morgan fingerprint density at radius 2 is 1.93 bits per heavy atom. The summed E-state index contributed by atoms with van der Waals surface area (Å²) in [6.07, 6.45) is 7.74. The van der Waals surface area contributed by atoms with Crippen LogP contribution in [0.2, 0.25) is 0 Å². The van der Waals surface area contributed by atoms with Gasteiger partial charge in [-0.2, -0.15) is 0 Å². The van der Waals surface area contributed by atoms with Crippen molar-refractivity contribution in [2.75, 3.05) is 14.1 Å². The molecule has 0 heterocycles. The second-order valence-corrected chi connectivity index (χ2v) is 3.70. The molecular weight excluding hydrogens is 176 g/mol. The third kappa shape index (κ3) is 5.62. The highest BCUT2D eigenvalue weighted by Gasteiger charge is 2.05. The van der Waals surface area contributed by atoms with Gasteiger partial charge in [-0.15, -0.1) is 0 Å². The van der Waals surface area contributed by atoms with Gasteiger partial charge in [-0.1, -0.05) is 32.3 Å². The number of likely N-dealkylation sites (N-methyl/N-ethyl adjacent to an activating group) is 1. The first-order chi connectivity index (χ1) is 6.59. The molecule has 3 heteroatoms. The zero-order valence-electron chi connectivity index (χ0n) is 9.55. The van der Waals surface area contributed by atoms with Crippen LogP contribution in [0.1, 0.15) is 39.0 Å². The SMILES string of the molecule is CCCCCC/C=C(\C(N)=O)N(C)C. The summed E-state index contributed by atoms with van der Waals surface area (Å²) in [5, 5.41) is 0. The Balaban J connectivity index is 3.86. The van der Waals surface area contributed by atoms with Crippen LogP contribution in [0.15, 0.2) is 11.8 Å². The van der Waals surface area contributed by atoms with Crippen molar-refractivity contribution < 1.29 is 4.79 Å². The molecule has 0 aromatic heterocycles. The monoisotopic (exact) mass is 198 g/mol. The second kappa shape index (κ2) is 7.42. The van der Waals surface area contributed by atoms with Crippen molar-refractivity contribution in [1.29, 1.82) is 0 Å². The van der Waals surface area contributed by atoms with Gasteiger partial charge in [-0.05, 0) is 12.8 Å². The molecule has 0 saturated heterocycles. The fourth-order valence-corrected chi connectivity index (χ4v) is 1.31. The molecule has 0 aliphatic carbocycles. The van der Waals surface area contributed by atoms with Gasteiger partial charge in [0.2, 0.25) is 0 Å². The summed E-state index contributed by atoms with van der Waals surface area (Å²) in [6.45, 7) is 2.19. The smallest absolute Gasteiger partial charge is 0.264 e. The van der Waals surface area contributed by atoms with E-state index in [9.17, 15) is 4.79 Å². The van der Waals surface area contributed by atoms with Crippen LogP contribution in [0.25, 0.3) is 0 Å². The van der Waals surface area contributed by atoms with E-state index in [0.29, 0.717) is 5.70 Å². The lowest BCUT2D eigenvalue weighted by Crippen LogP contribution is -2.25. The molecule has 0 radical (unpaired) electrons. The number of primary amides is 1. The van der Waals surface area contributed by atoms with Crippen LogP contribution in [-0.2, 0) is 4.79 Å². The van der Waals surface area contributed by atoms with E-state index in [1.807, 2.05) is 20.2 Å². The van der Waals surface area contributed by atoms with E-state index in [2.05, 4.69) is 6.92 Å². The van der Waals surface area contributed by atoms with Crippen molar-refractivity contribution in [3.8, 4) is 0 Å². The molecule has 0 aromatic rings. The summed E-state index contributed by atoms with van der Waals surface area (Å²) in [7, 11) is 3.67. The first kappa shape index (κ1) is 13.0.